The number of nitrogens with zero attached hydrogens (tertiary/aromatic N) is 1. The van der Waals surface area contributed by atoms with Crippen molar-refractivity contribution >= 4 is 17.3 Å². The van der Waals surface area contributed by atoms with Crippen molar-refractivity contribution in [3.63, 3.8) is 0 Å². The quantitative estimate of drug-likeness (QED) is 0.710. The molecular formula is C8H7ClN2O. The van der Waals surface area contributed by atoms with Gasteiger partial charge in [0, 0.05) is 11.8 Å². The summed E-state index contributed by atoms with van der Waals surface area (Å²) < 4.78 is 4.99. The molecule has 4 heteroatoms. The summed E-state index contributed by atoms with van der Waals surface area (Å²) in [7, 11) is 0. The second-order valence-electron chi connectivity index (χ2n) is 2.14. The number of nitrogens with two attached hydrogens (primary N) is 1. The van der Waals surface area contributed by atoms with Gasteiger partial charge in [-0.25, -0.2) is 0 Å². The van der Waals surface area contributed by atoms with Crippen molar-refractivity contribution in [2.24, 2.45) is 0 Å². The molecule has 0 aliphatic heterocycles. The lowest BCUT2D eigenvalue weighted by molar-refractivity contribution is 0.368. The highest BCUT2D eigenvalue weighted by molar-refractivity contribution is 6.32. The predicted molar refractivity (Wildman–Crippen MR) is 47.0 cm³/mol. The monoisotopic (exact) mass is 182 g/mol. The van der Waals surface area contributed by atoms with Crippen LogP contribution in [0.1, 0.15) is 0 Å². The van der Waals surface area contributed by atoms with Crippen LogP contribution in [0.25, 0.3) is 0 Å². The first-order valence-corrected chi connectivity index (χ1v) is 3.66. The standard InChI is InChI=1S/C8H7ClN2O/c9-7-2-1-6(11)5-8(7)12-4-3-10/h1-2,5H,4,11H2. The van der Waals surface area contributed by atoms with Gasteiger partial charge in [-0.2, -0.15) is 5.26 Å². The van der Waals surface area contributed by atoms with E-state index in [0.29, 0.717) is 16.5 Å². The van der Waals surface area contributed by atoms with Crippen LogP contribution in [0.4, 0.5) is 5.69 Å². The molecule has 3 nitrogen and oxygen atoms in total. The van der Waals surface area contributed by atoms with Crippen molar-refractivity contribution in [3.8, 4) is 11.8 Å². The third-order valence-corrected chi connectivity index (χ3v) is 1.56. The molecule has 0 aliphatic rings. The molecule has 12 heavy (non-hydrogen) atoms. The largest absolute Gasteiger partial charge is 0.477 e. The molecule has 1 aromatic carbocycles. The first-order chi connectivity index (χ1) is 5.74. The fraction of sp³-hybridized carbons (Fsp3) is 0.125. The van der Waals surface area contributed by atoms with E-state index in [4.69, 9.17) is 27.3 Å². The second kappa shape index (κ2) is 3.84. The molecule has 1 aromatic rings. The van der Waals surface area contributed by atoms with E-state index in [9.17, 15) is 0 Å². The van der Waals surface area contributed by atoms with Crippen molar-refractivity contribution in [3.05, 3.63) is 23.2 Å². The van der Waals surface area contributed by atoms with Gasteiger partial charge < -0.3 is 10.5 Å². The van der Waals surface area contributed by atoms with Gasteiger partial charge in [0.1, 0.15) is 11.8 Å². The van der Waals surface area contributed by atoms with E-state index >= 15 is 0 Å². The summed E-state index contributed by atoms with van der Waals surface area (Å²) in [6.45, 7) is -0.0246. The number of hydrogen-bond acceptors (Lipinski definition) is 3. The molecule has 0 aliphatic carbocycles. The zero-order valence-corrected chi connectivity index (χ0v) is 7.01. The Hall–Kier alpha value is -1.40. The van der Waals surface area contributed by atoms with Gasteiger partial charge >= 0.3 is 0 Å². The Kier molecular flexibility index (Phi) is 2.78. The van der Waals surface area contributed by atoms with Crippen molar-refractivity contribution in [2.45, 2.75) is 0 Å². The molecule has 0 amide bonds. The molecule has 0 aromatic heterocycles. The molecule has 0 unspecified atom stereocenters. The van der Waals surface area contributed by atoms with Crippen LogP contribution >= 0.6 is 11.6 Å². The molecule has 1 rings (SSSR count). The van der Waals surface area contributed by atoms with Crippen LogP contribution in [0.15, 0.2) is 18.2 Å². The van der Waals surface area contributed by atoms with E-state index in [2.05, 4.69) is 0 Å². The number of nitriles is 1. The van der Waals surface area contributed by atoms with E-state index in [1.54, 1.807) is 18.2 Å². The summed E-state index contributed by atoms with van der Waals surface area (Å²) in [6.07, 6.45) is 0. The minimum Gasteiger partial charge on any atom is -0.477 e. The van der Waals surface area contributed by atoms with Gasteiger partial charge in [0.15, 0.2) is 6.61 Å². The summed E-state index contributed by atoms with van der Waals surface area (Å²) in [5, 5.41) is 8.70. The summed E-state index contributed by atoms with van der Waals surface area (Å²) in [4.78, 5) is 0. The molecule has 0 radical (unpaired) electrons. The van der Waals surface area contributed by atoms with Crippen molar-refractivity contribution in [1.82, 2.24) is 0 Å². The van der Waals surface area contributed by atoms with E-state index in [0.717, 1.165) is 0 Å². The van der Waals surface area contributed by atoms with E-state index in [1.807, 2.05) is 6.07 Å². The van der Waals surface area contributed by atoms with Crippen LogP contribution in [-0.2, 0) is 0 Å². The van der Waals surface area contributed by atoms with Crippen molar-refractivity contribution < 1.29 is 4.74 Å². The van der Waals surface area contributed by atoms with Crippen LogP contribution in [0.3, 0.4) is 0 Å². The molecule has 2 N–H and O–H groups in total. The Morgan fingerprint density at radius 3 is 3.00 bits per heavy atom. The molecular weight excluding hydrogens is 176 g/mol. The topological polar surface area (TPSA) is 59.0 Å². The molecule has 0 fully saturated rings. The van der Waals surface area contributed by atoms with E-state index < -0.39 is 0 Å². The van der Waals surface area contributed by atoms with E-state index in [-0.39, 0.29) is 6.61 Å². The number of halogens is 1. The molecule has 0 saturated carbocycles. The Morgan fingerprint density at radius 1 is 1.58 bits per heavy atom. The Morgan fingerprint density at radius 2 is 2.33 bits per heavy atom. The van der Waals surface area contributed by atoms with E-state index in [1.165, 1.54) is 0 Å². The summed E-state index contributed by atoms with van der Waals surface area (Å²) >= 11 is 5.74. The highest BCUT2D eigenvalue weighted by Crippen LogP contribution is 2.26. The second-order valence-corrected chi connectivity index (χ2v) is 2.54. The zero-order chi connectivity index (χ0) is 8.97. The van der Waals surface area contributed by atoms with Gasteiger partial charge in [-0.1, -0.05) is 11.6 Å². The summed E-state index contributed by atoms with van der Waals surface area (Å²) in [5.74, 6) is 0.443. The minimum absolute atomic E-state index is 0.0246. The van der Waals surface area contributed by atoms with Gasteiger partial charge in [0.25, 0.3) is 0 Å². The summed E-state index contributed by atoms with van der Waals surface area (Å²) in [6, 6.07) is 6.72. The third-order valence-electron chi connectivity index (χ3n) is 1.25. The fourth-order valence-electron chi connectivity index (χ4n) is 0.741. The molecule has 0 bridgehead atoms. The molecule has 0 spiro atoms. The average molecular weight is 183 g/mol. The van der Waals surface area contributed by atoms with Crippen LogP contribution in [0.2, 0.25) is 5.02 Å². The van der Waals surface area contributed by atoms with Crippen LogP contribution < -0.4 is 10.5 Å². The predicted octanol–water partition coefficient (Wildman–Crippen LogP) is 1.82. The Bertz CT molecular complexity index is 319. The lowest BCUT2D eigenvalue weighted by Gasteiger charge is -2.04. The fourth-order valence-corrected chi connectivity index (χ4v) is 0.913. The highest BCUT2D eigenvalue weighted by Gasteiger charge is 2.00. The lowest BCUT2D eigenvalue weighted by Crippen LogP contribution is -1.95. The summed E-state index contributed by atoms with van der Waals surface area (Å²) in [5.41, 5.74) is 6.04. The number of ether oxygens (including phenoxy) is 1. The van der Waals surface area contributed by atoms with Gasteiger partial charge in [-0.15, -0.1) is 0 Å². The maximum absolute atomic E-state index is 8.24. The Labute approximate surface area is 75.3 Å². The van der Waals surface area contributed by atoms with Crippen LogP contribution in [-0.4, -0.2) is 6.61 Å². The number of rotatable bonds is 2. The maximum atomic E-state index is 8.24. The molecule has 0 atom stereocenters. The highest BCUT2D eigenvalue weighted by atomic mass is 35.5. The van der Waals surface area contributed by atoms with Crippen molar-refractivity contribution in [2.75, 3.05) is 12.3 Å². The first-order valence-electron chi connectivity index (χ1n) is 3.29. The SMILES string of the molecule is N#CCOc1cc(N)ccc1Cl. The molecule has 0 heterocycles. The van der Waals surface area contributed by atoms with Gasteiger partial charge in [0.05, 0.1) is 5.02 Å². The van der Waals surface area contributed by atoms with Crippen LogP contribution in [0, 0.1) is 11.3 Å². The molecule has 62 valence electrons. The number of hydrogen-bond donors (Lipinski definition) is 1. The maximum Gasteiger partial charge on any atom is 0.174 e. The molecule has 0 saturated heterocycles. The number of anilines is 1. The average Bonchev–Trinajstić information content (AvgIpc) is 2.07. The van der Waals surface area contributed by atoms with Gasteiger partial charge in [-0.05, 0) is 12.1 Å². The lowest BCUT2D eigenvalue weighted by atomic mass is 10.3. The minimum atomic E-state index is -0.0246. The van der Waals surface area contributed by atoms with Gasteiger partial charge in [0.2, 0.25) is 0 Å². The van der Waals surface area contributed by atoms with Crippen LogP contribution in [0.5, 0.6) is 5.75 Å². The third kappa shape index (κ3) is 2.04. The number of nitrogen functional groups attached to an aromatic ring is 1. The zero-order valence-electron chi connectivity index (χ0n) is 6.25. The van der Waals surface area contributed by atoms with Gasteiger partial charge in [-0.3, -0.25) is 0 Å². The Balaban J connectivity index is 2.84. The normalized spacial score (nSPS) is 9.00. The smallest absolute Gasteiger partial charge is 0.174 e. The van der Waals surface area contributed by atoms with Crippen molar-refractivity contribution in [1.29, 1.82) is 5.26 Å². The first kappa shape index (κ1) is 8.69. The number of benzene rings is 1.